The normalized spacial score (nSPS) is 10.5. The van der Waals surface area contributed by atoms with E-state index < -0.39 is 0 Å². The summed E-state index contributed by atoms with van der Waals surface area (Å²) in [6.07, 6.45) is 0. The number of ether oxygens (including phenoxy) is 1. The van der Waals surface area contributed by atoms with Crippen LogP contribution in [0.4, 0.5) is 16.2 Å². The highest BCUT2D eigenvalue weighted by molar-refractivity contribution is 7.98. The third-order valence-corrected chi connectivity index (χ3v) is 5.29. The molecule has 7 nitrogen and oxygen atoms in total. The third-order valence-electron chi connectivity index (χ3n) is 4.29. The molecule has 0 unspecified atom stereocenters. The molecular weight excluding hydrogens is 412 g/mol. The Hall–Kier alpha value is -3.78. The summed E-state index contributed by atoms with van der Waals surface area (Å²) in [4.78, 5) is 13.2. The predicted molar refractivity (Wildman–Crippen MR) is 121 cm³/mol. The fourth-order valence-electron chi connectivity index (χ4n) is 2.78. The Bertz CT molecular complexity index is 1150. The number of nitrogens with one attached hydrogen (secondary N) is 2. The minimum atomic E-state index is -0.326. The lowest BCUT2D eigenvalue weighted by atomic mass is 10.2. The van der Waals surface area contributed by atoms with Gasteiger partial charge < -0.3 is 19.8 Å². The molecule has 0 saturated carbocycles. The molecule has 0 radical (unpaired) electrons. The average molecular weight is 433 g/mol. The number of thioether (sulfide) groups is 1. The van der Waals surface area contributed by atoms with Crippen LogP contribution in [0, 0.1) is 0 Å². The zero-order chi connectivity index (χ0) is 21.5. The van der Waals surface area contributed by atoms with Crippen molar-refractivity contribution in [2.75, 3.05) is 17.7 Å². The van der Waals surface area contributed by atoms with Crippen LogP contribution in [0.15, 0.2) is 88.2 Å². The highest BCUT2D eigenvalue weighted by atomic mass is 32.2. The van der Waals surface area contributed by atoms with Crippen molar-refractivity contribution >= 4 is 29.2 Å². The summed E-state index contributed by atoms with van der Waals surface area (Å²) in [6, 6.07) is 24.1. The monoisotopic (exact) mass is 432 g/mol. The van der Waals surface area contributed by atoms with Crippen LogP contribution < -0.4 is 15.4 Å². The Morgan fingerprint density at radius 3 is 2.48 bits per heavy atom. The predicted octanol–water partition coefficient (Wildman–Crippen LogP) is 5.68. The molecule has 0 aliphatic carbocycles. The zero-order valence-corrected chi connectivity index (χ0v) is 17.6. The number of nitrogens with zero attached hydrogens (tertiary/aromatic N) is 2. The summed E-state index contributed by atoms with van der Waals surface area (Å²) in [5, 5.41) is 13.8. The molecule has 0 aliphatic rings. The van der Waals surface area contributed by atoms with Crippen LogP contribution in [0.1, 0.15) is 5.89 Å². The van der Waals surface area contributed by atoms with Crippen molar-refractivity contribution in [2.24, 2.45) is 0 Å². The van der Waals surface area contributed by atoms with Gasteiger partial charge in [-0.15, -0.1) is 22.0 Å². The second kappa shape index (κ2) is 9.82. The Morgan fingerprint density at radius 1 is 0.935 bits per heavy atom. The summed E-state index contributed by atoms with van der Waals surface area (Å²) in [6.45, 7) is 0. The van der Waals surface area contributed by atoms with Crippen molar-refractivity contribution in [2.45, 2.75) is 10.6 Å². The summed E-state index contributed by atoms with van der Waals surface area (Å²) in [5.41, 5.74) is 2.24. The largest absolute Gasteiger partial charge is 0.497 e. The second-order valence-electron chi connectivity index (χ2n) is 6.49. The highest BCUT2D eigenvalue weighted by Crippen LogP contribution is 2.26. The molecule has 4 aromatic rings. The van der Waals surface area contributed by atoms with E-state index in [-0.39, 0.29) is 6.03 Å². The van der Waals surface area contributed by atoms with Gasteiger partial charge >= 0.3 is 6.03 Å². The maximum Gasteiger partial charge on any atom is 0.323 e. The maximum absolute atomic E-state index is 12.2. The van der Waals surface area contributed by atoms with Gasteiger partial charge in [0.15, 0.2) is 0 Å². The van der Waals surface area contributed by atoms with E-state index in [0.29, 0.717) is 34.7 Å². The van der Waals surface area contributed by atoms with Gasteiger partial charge in [0, 0.05) is 27.9 Å². The van der Waals surface area contributed by atoms with E-state index in [2.05, 4.69) is 20.8 Å². The van der Waals surface area contributed by atoms with Crippen LogP contribution >= 0.6 is 11.8 Å². The lowest BCUT2D eigenvalue weighted by Crippen LogP contribution is -2.19. The van der Waals surface area contributed by atoms with Crippen LogP contribution in [0.3, 0.4) is 0 Å². The number of amides is 2. The number of anilines is 2. The van der Waals surface area contributed by atoms with Gasteiger partial charge in [0.25, 0.3) is 0 Å². The van der Waals surface area contributed by atoms with Crippen LogP contribution in [-0.4, -0.2) is 23.3 Å². The minimum Gasteiger partial charge on any atom is -0.497 e. The molecule has 0 bridgehead atoms. The molecule has 0 saturated heterocycles. The molecular formula is C23H20N4O3S. The minimum absolute atomic E-state index is 0.326. The molecule has 31 heavy (non-hydrogen) atoms. The molecule has 3 aromatic carbocycles. The number of urea groups is 1. The first-order chi connectivity index (χ1) is 15.2. The van der Waals surface area contributed by atoms with Crippen molar-refractivity contribution in [1.29, 1.82) is 0 Å². The molecule has 0 atom stereocenters. The number of carbonyl (C=O) groups is 1. The van der Waals surface area contributed by atoms with E-state index >= 15 is 0 Å². The Kier molecular flexibility index (Phi) is 6.49. The Balaban J connectivity index is 1.29. The van der Waals surface area contributed by atoms with E-state index in [1.165, 1.54) is 0 Å². The fraction of sp³-hybridized carbons (Fsp3) is 0.0870. The first kappa shape index (κ1) is 20.5. The van der Waals surface area contributed by atoms with E-state index in [1.807, 2.05) is 66.7 Å². The van der Waals surface area contributed by atoms with Crippen molar-refractivity contribution in [1.82, 2.24) is 10.2 Å². The van der Waals surface area contributed by atoms with Crippen LogP contribution in [0.2, 0.25) is 0 Å². The number of hydrogen-bond acceptors (Lipinski definition) is 6. The number of methoxy groups -OCH3 is 1. The SMILES string of the molecule is COc1cccc(NC(=O)Nc2ccc(SCc3nnc(-c4ccccc4)o3)cc2)c1. The maximum atomic E-state index is 12.2. The molecule has 4 rings (SSSR count). The van der Waals surface area contributed by atoms with Crippen molar-refractivity contribution in [3.05, 3.63) is 84.8 Å². The van der Waals surface area contributed by atoms with Gasteiger partial charge in [-0.3, -0.25) is 0 Å². The van der Waals surface area contributed by atoms with E-state index in [1.54, 1.807) is 31.0 Å². The van der Waals surface area contributed by atoms with Gasteiger partial charge in [-0.1, -0.05) is 24.3 Å². The number of carbonyl (C=O) groups excluding carboxylic acids is 1. The van der Waals surface area contributed by atoms with Crippen molar-refractivity contribution < 1.29 is 13.9 Å². The van der Waals surface area contributed by atoms with Gasteiger partial charge in [-0.25, -0.2) is 4.79 Å². The summed E-state index contributed by atoms with van der Waals surface area (Å²) >= 11 is 1.58. The molecule has 0 aliphatic heterocycles. The van der Waals surface area contributed by atoms with Crippen molar-refractivity contribution in [3.63, 3.8) is 0 Å². The van der Waals surface area contributed by atoms with Gasteiger partial charge in [0.2, 0.25) is 11.8 Å². The van der Waals surface area contributed by atoms with E-state index in [4.69, 9.17) is 9.15 Å². The Morgan fingerprint density at radius 2 is 1.71 bits per heavy atom. The molecule has 0 fully saturated rings. The standard InChI is InChI=1S/C23H20N4O3S/c1-29-19-9-5-8-18(14-19)25-23(28)24-17-10-12-20(13-11-17)31-15-21-26-27-22(30-21)16-6-3-2-4-7-16/h2-14H,15H2,1H3,(H2,24,25,28). The molecule has 2 amide bonds. The molecule has 2 N–H and O–H groups in total. The zero-order valence-electron chi connectivity index (χ0n) is 16.7. The van der Waals surface area contributed by atoms with Crippen molar-refractivity contribution in [3.8, 4) is 17.2 Å². The lowest BCUT2D eigenvalue weighted by Gasteiger charge is -2.09. The fourth-order valence-corrected chi connectivity index (χ4v) is 3.52. The quantitative estimate of drug-likeness (QED) is 0.365. The molecule has 1 aromatic heterocycles. The summed E-state index contributed by atoms with van der Waals surface area (Å²) in [7, 11) is 1.58. The molecule has 156 valence electrons. The number of benzene rings is 3. The van der Waals surface area contributed by atoms with E-state index in [0.717, 1.165) is 10.5 Å². The van der Waals surface area contributed by atoms with Crippen LogP contribution in [-0.2, 0) is 5.75 Å². The topological polar surface area (TPSA) is 89.3 Å². The highest BCUT2D eigenvalue weighted by Gasteiger charge is 2.09. The molecule has 0 spiro atoms. The number of rotatable bonds is 7. The average Bonchev–Trinajstić information content (AvgIpc) is 3.28. The first-order valence-corrected chi connectivity index (χ1v) is 10.5. The Labute approximate surface area is 183 Å². The van der Waals surface area contributed by atoms with Gasteiger partial charge in [-0.2, -0.15) is 0 Å². The van der Waals surface area contributed by atoms with E-state index in [9.17, 15) is 4.79 Å². The second-order valence-corrected chi connectivity index (χ2v) is 7.54. The van der Waals surface area contributed by atoms with Gasteiger partial charge in [0.1, 0.15) is 5.75 Å². The third kappa shape index (κ3) is 5.64. The number of hydrogen-bond donors (Lipinski definition) is 2. The lowest BCUT2D eigenvalue weighted by molar-refractivity contribution is 0.262. The molecule has 8 heteroatoms. The first-order valence-electron chi connectivity index (χ1n) is 9.52. The number of aromatic nitrogens is 2. The van der Waals surface area contributed by atoms with Crippen LogP contribution in [0.25, 0.3) is 11.5 Å². The van der Waals surface area contributed by atoms with Crippen LogP contribution in [0.5, 0.6) is 5.75 Å². The van der Waals surface area contributed by atoms with Gasteiger partial charge in [-0.05, 0) is 48.5 Å². The van der Waals surface area contributed by atoms with Gasteiger partial charge in [0.05, 0.1) is 12.9 Å². The smallest absolute Gasteiger partial charge is 0.323 e. The summed E-state index contributed by atoms with van der Waals surface area (Å²) < 4.78 is 10.9. The summed E-state index contributed by atoms with van der Waals surface area (Å²) in [5.74, 6) is 2.31. The molecule has 1 heterocycles.